The smallest absolute Gasteiger partial charge is 0.222 e. The third-order valence-electron chi connectivity index (χ3n) is 5.31. The number of aliphatic hydroxyl groups is 1. The van der Waals surface area contributed by atoms with Crippen LogP contribution in [-0.4, -0.2) is 44.6 Å². The molecular weight excluding hydrogens is 394 g/mol. The molecule has 2 heterocycles. The Bertz CT molecular complexity index is 1020. The molecule has 0 saturated carbocycles. The lowest BCUT2D eigenvalue weighted by Gasteiger charge is -2.22. The van der Waals surface area contributed by atoms with E-state index in [0.717, 1.165) is 35.2 Å². The molecule has 31 heavy (non-hydrogen) atoms. The van der Waals surface area contributed by atoms with E-state index in [9.17, 15) is 5.11 Å². The molecule has 0 fully saturated rings. The van der Waals surface area contributed by atoms with E-state index in [2.05, 4.69) is 27.3 Å². The molecule has 0 aliphatic heterocycles. The van der Waals surface area contributed by atoms with Crippen LogP contribution in [0.25, 0.3) is 11.0 Å². The second kappa shape index (κ2) is 9.49. The van der Waals surface area contributed by atoms with E-state index >= 15 is 0 Å². The van der Waals surface area contributed by atoms with Gasteiger partial charge in [-0.3, -0.25) is 4.68 Å². The zero-order valence-corrected chi connectivity index (χ0v) is 18.7. The van der Waals surface area contributed by atoms with Crippen molar-refractivity contribution in [1.82, 2.24) is 19.7 Å². The Morgan fingerprint density at radius 2 is 2.03 bits per heavy atom. The summed E-state index contributed by atoms with van der Waals surface area (Å²) < 4.78 is 7.41. The van der Waals surface area contributed by atoms with Crippen LogP contribution in [0.15, 0.2) is 24.4 Å². The molecule has 168 valence electrons. The number of nitrogens with one attached hydrogen (secondary N) is 1. The normalized spacial score (nSPS) is 12.8. The highest BCUT2D eigenvalue weighted by atomic mass is 16.5. The minimum Gasteiger partial charge on any atom is -0.496 e. The van der Waals surface area contributed by atoms with Crippen LogP contribution in [0, 0.1) is 0 Å². The molecule has 0 radical (unpaired) electrons. The molecule has 0 saturated heterocycles. The van der Waals surface area contributed by atoms with Crippen molar-refractivity contribution in [3.8, 4) is 5.75 Å². The number of aromatic nitrogens is 4. The first kappa shape index (κ1) is 22.8. The van der Waals surface area contributed by atoms with E-state index in [4.69, 9.17) is 16.2 Å². The van der Waals surface area contributed by atoms with Gasteiger partial charge >= 0.3 is 0 Å². The average molecular weight is 428 g/mol. The van der Waals surface area contributed by atoms with Gasteiger partial charge in [0.25, 0.3) is 0 Å². The summed E-state index contributed by atoms with van der Waals surface area (Å²) in [6, 6.07) is 6.03. The molecule has 3 rings (SSSR count). The molecule has 1 atom stereocenters. The zero-order chi connectivity index (χ0) is 22.6. The number of anilines is 2. The number of nitrogen functional groups attached to an aromatic ring is 1. The summed E-state index contributed by atoms with van der Waals surface area (Å²) in [7, 11) is 1.65. The molecule has 0 unspecified atom stereocenters. The summed E-state index contributed by atoms with van der Waals surface area (Å²) in [5, 5.41) is 17.4. The lowest BCUT2D eigenvalue weighted by atomic mass is 9.93. The molecule has 0 aliphatic carbocycles. The summed E-state index contributed by atoms with van der Waals surface area (Å²) >= 11 is 0. The average Bonchev–Trinajstić information content (AvgIpc) is 3.10. The highest BCUT2D eigenvalue weighted by Gasteiger charge is 2.19. The van der Waals surface area contributed by atoms with E-state index < -0.39 is 5.54 Å². The summed E-state index contributed by atoms with van der Waals surface area (Å²) in [5.41, 5.74) is 15.1. The maximum Gasteiger partial charge on any atom is 0.222 e. The minimum atomic E-state index is -0.477. The maximum absolute atomic E-state index is 9.43. The van der Waals surface area contributed by atoms with Gasteiger partial charge in [-0.15, -0.1) is 0 Å². The van der Waals surface area contributed by atoms with E-state index in [1.807, 2.05) is 36.7 Å². The first-order valence-electron chi connectivity index (χ1n) is 10.6. The van der Waals surface area contributed by atoms with Crippen LogP contribution in [0.3, 0.4) is 0 Å². The van der Waals surface area contributed by atoms with Crippen LogP contribution in [0.1, 0.15) is 51.2 Å². The van der Waals surface area contributed by atoms with Gasteiger partial charge in [0.2, 0.25) is 5.95 Å². The van der Waals surface area contributed by atoms with Gasteiger partial charge in [-0.1, -0.05) is 19.4 Å². The number of hydrogen-bond donors (Lipinski definition) is 4. The molecule has 6 N–H and O–H groups in total. The van der Waals surface area contributed by atoms with Gasteiger partial charge in [-0.05, 0) is 44.4 Å². The summed E-state index contributed by atoms with van der Waals surface area (Å²) in [6.45, 7) is 6.60. The van der Waals surface area contributed by atoms with E-state index in [1.54, 1.807) is 13.3 Å². The highest BCUT2D eigenvalue weighted by molar-refractivity contribution is 5.86. The number of ether oxygens (including phenoxy) is 1. The van der Waals surface area contributed by atoms with Crippen molar-refractivity contribution < 1.29 is 9.84 Å². The van der Waals surface area contributed by atoms with Crippen LogP contribution < -0.4 is 21.5 Å². The Kier molecular flexibility index (Phi) is 6.97. The lowest BCUT2D eigenvalue weighted by molar-refractivity contribution is 0.276. The predicted octanol–water partition coefficient (Wildman–Crippen LogP) is 2.62. The Balaban J connectivity index is 2.04. The summed E-state index contributed by atoms with van der Waals surface area (Å²) in [6.07, 6.45) is 4.19. The number of nitrogens with two attached hydrogens (primary N) is 2. The Hall–Kier alpha value is -2.91. The third kappa shape index (κ3) is 5.23. The van der Waals surface area contributed by atoms with Crippen molar-refractivity contribution in [3.05, 3.63) is 35.5 Å². The minimum absolute atomic E-state index is 0.0757. The second-order valence-electron chi connectivity index (χ2n) is 8.36. The summed E-state index contributed by atoms with van der Waals surface area (Å²) in [4.78, 5) is 8.78. The van der Waals surface area contributed by atoms with Gasteiger partial charge in [-0.25, -0.2) is 4.98 Å². The fourth-order valence-electron chi connectivity index (χ4n) is 3.69. The Morgan fingerprint density at radius 3 is 2.68 bits per heavy atom. The number of benzene rings is 1. The van der Waals surface area contributed by atoms with Crippen LogP contribution in [0.5, 0.6) is 5.75 Å². The van der Waals surface area contributed by atoms with Crippen molar-refractivity contribution in [3.63, 3.8) is 0 Å². The van der Waals surface area contributed by atoms with Crippen LogP contribution in [0.4, 0.5) is 11.8 Å². The molecule has 0 aliphatic rings. The SMILES string of the molecule is CCC[C@@H](CCO)Nc1nc(N)nc2cnn(Cc3cc(C(C)(C)N)ccc3OC)c12. The topological polar surface area (TPSA) is 137 Å². The molecule has 9 heteroatoms. The molecule has 0 bridgehead atoms. The Morgan fingerprint density at radius 1 is 1.26 bits per heavy atom. The fraction of sp³-hybridized carbons (Fsp3) is 0.500. The quantitative estimate of drug-likeness (QED) is 0.387. The number of hydrogen-bond acceptors (Lipinski definition) is 8. The molecule has 9 nitrogen and oxygen atoms in total. The van der Waals surface area contributed by atoms with Gasteiger partial charge in [0.15, 0.2) is 5.82 Å². The number of nitrogens with zero attached hydrogens (tertiary/aromatic N) is 4. The van der Waals surface area contributed by atoms with Gasteiger partial charge in [0.1, 0.15) is 16.8 Å². The lowest BCUT2D eigenvalue weighted by Crippen LogP contribution is -2.28. The maximum atomic E-state index is 9.43. The fourth-order valence-corrected chi connectivity index (χ4v) is 3.69. The standard InChI is InChI=1S/C22H33N7O2/c1-5-6-16(9-10-30)26-20-19-17(27-21(23)28-20)12-25-29(19)13-14-11-15(22(2,3)24)7-8-18(14)31-4/h7-8,11-12,16,30H,5-6,9-10,13,24H2,1-4H3,(H3,23,26,27,28)/t16-/m0/s1. The molecule has 0 spiro atoms. The molecule has 1 aromatic carbocycles. The van der Waals surface area contributed by atoms with Crippen molar-refractivity contribution in [2.75, 3.05) is 24.8 Å². The molecule has 3 aromatic rings. The van der Waals surface area contributed by atoms with Crippen molar-refractivity contribution >= 4 is 22.8 Å². The van der Waals surface area contributed by atoms with Gasteiger partial charge in [0, 0.05) is 23.8 Å². The molecule has 2 aromatic heterocycles. The van der Waals surface area contributed by atoms with E-state index in [1.165, 1.54) is 0 Å². The van der Waals surface area contributed by atoms with Crippen LogP contribution >= 0.6 is 0 Å². The van der Waals surface area contributed by atoms with Crippen molar-refractivity contribution in [1.29, 1.82) is 0 Å². The molecule has 0 amide bonds. The van der Waals surface area contributed by atoms with Crippen LogP contribution in [0.2, 0.25) is 0 Å². The van der Waals surface area contributed by atoms with E-state index in [0.29, 0.717) is 24.3 Å². The monoisotopic (exact) mass is 427 g/mol. The Labute approximate surface area is 182 Å². The summed E-state index contributed by atoms with van der Waals surface area (Å²) in [5.74, 6) is 1.55. The first-order valence-corrected chi connectivity index (χ1v) is 10.6. The van der Waals surface area contributed by atoms with E-state index in [-0.39, 0.29) is 18.6 Å². The van der Waals surface area contributed by atoms with Gasteiger partial charge < -0.3 is 26.6 Å². The number of aliphatic hydroxyl groups excluding tert-OH is 1. The highest BCUT2D eigenvalue weighted by Crippen LogP contribution is 2.29. The largest absolute Gasteiger partial charge is 0.496 e. The zero-order valence-electron chi connectivity index (χ0n) is 18.7. The van der Waals surface area contributed by atoms with Crippen molar-refractivity contribution in [2.45, 2.75) is 58.2 Å². The predicted molar refractivity (Wildman–Crippen MR) is 123 cm³/mol. The first-order chi connectivity index (χ1) is 14.8. The number of methoxy groups -OCH3 is 1. The second-order valence-corrected chi connectivity index (χ2v) is 8.36. The number of fused-ring (bicyclic) bond motifs is 1. The van der Waals surface area contributed by atoms with Gasteiger partial charge in [-0.2, -0.15) is 10.1 Å². The third-order valence-corrected chi connectivity index (χ3v) is 5.31. The van der Waals surface area contributed by atoms with Crippen LogP contribution in [-0.2, 0) is 12.1 Å². The number of rotatable bonds is 10. The van der Waals surface area contributed by atoms with Gasteiger partial charge in [0.05, 0.1) is 19.9 Å². The molecular formula is C22H33N7O2. The van der Waals surface area contributed by atoms with Crippen molar-refractivity contribution in [2.24, 2.45) is 5.73 Å².